The number of H-pyrrole nitrogens is 1. The number of aryl methyl sites for hydroxylation is 1. The molecule has 55 heteroatoms. The molecule has 0 aliphatic rings. The first-order valence-corrected chi connectivity index (χ1v) is 38.4. The quantitative estimate of drug-likeness (QED) is 0.00917. The monoisotopic (exact) mass is 1940 g/mol. The van der Waals surface area contributed by atoms with Crippen molar-refractivity contribution in [1.82, 2.24) is 120 Å². The molecule has 0 spiro atoms. The molecule has 3 unspecified atom stereocenters. The van der Waals surface area contributed by atoms with Crippen LogP contribution in [0.15, 0.2) is 93.0 Å². The molecule has 652 valence electrons. The summed E-state index contributed by atoms with van der Waals surface area (Å²) < 4.78 is 141. The molecule has 6 amide bonds. The molecular weight excluding hydrogens is 1860 g/mol. The van der Waals surface area contributed by atoms with Gasteiger partial charge in [0.15, 0.2) is 16.9 Å². The number of nitrogens with zero attached hydrogens (tertiary/aromatic N) is 20. The zero-order valence-electron chi connectivity index (χ0n) is 71.1. The summed E-state index contributed by atoms with van der Waals surface area (Å²) in [6.45, 7) is 8.65. The van der Waals surface area contributed by atoms with Crippen LogP contribution in [0.25, 0.3) is 33.1 Å². The average molecular weight is 1940 g/mol. The number of anilines is 3. The van der Waals surface area contributed by atoms with Gasteiger partial charge in [-0.3, -0.25) is 43.3 Å². The molecule has 0 aliphatic heterocycles. The molecule has 0 aromatic carbocycles. The first-order valence-electron chi connectivity index (χ1n) is 36.3. The zero-order chi connectivity index (χ0) is 92.1. The van der Waals surface area contributed by atoms with Crippen LogP contribution in [0, 0.1) is 0 Å². The van der Waals surface area contributed by atoms with Crippen molar-refractivity contribution in [3.8, 4) is 0 Å². The molecule has 0 aliphatic carbocycles. The Bertz CT molecular complexity index is 5630. The molecule has 12 heterocycles. The van der Waals surface area contributed by atoms with E-state index in [1.165, 1.54) is 50.0 Å². The van der Waals surface area contributed by atoms with Crippen LogP contribution < -0.4 is 140 Å². The van der Waals surface area contributed by atoms with Crippen LogP contribution in [-0.2, 0) is 41.3 Å². The van der Waals surface area contributed by atoms with Crippen molar-refractivity contribution in [1.29, 1.82) is 0 Å². The molecule has 123 heavy (non-hydrogen) atoms. The molecule has 12 rings (SSSR count). The fourth-order valence-corrected chi connectivity index (χ4v) is 13.3. The van der Waals surface area contributed by atoms with Gasteiger partial charge in [-0.15, -0.1) is 58.0 Å². The molecule has 3 atom stereocenters. The van der Waals surface area contributed by atoms with E-state index in [1.54, 1.807) is 36.3 Å². The summed E-state index contributed by atoms with van der Waals surface area (Å²) in [7, 11) is 11.8. The number of aromatic nitrogens is 18. The summed E-state index contributed by atoms with van der Waals surface area (Å²) in [6.07, 6.45) is 1.42. The van der Waals surface area contributed by atoms with E-state index in [4.69, 9.17) is 62.4 Å². The molecule has 0 saturated carbocycles. The van der Waals surface area contributed by atoms with E-state index in [-0.39, 0.29) is 172 Å². The summed E-state index contributed by atoms with van der Waals surface area (Å²) in [4.78, 5) is 142. The summed E-state index contributed by atoms with van der Waals surface area (Å²) in [5, 5.41) is 39.7. The van der Waals surface area contributed by atoms with Crippen molar-refractivity contribution in [2.75, 3.05) is 83.8 Å². The molecule has 7 N–H and O–H groups in total. The van der Waals surface area contributed by atoms with Crippen LogP contribution in [0.1, 0.15) is 145 Å². The molecule has 0 bridgehead atoms. The Kier molecular flexibility index (Phi) is 40.6. The van der Waals surface area contributed by atoms with Gasteiger partial charge in [0, 0.05) is 56.2 Å². The molecular formula is C68H73Cl5F9K2N27O9S3. The number of likely N-dealkylation sites (N-methyl/N-ethyl adjacent to an activating group) is 1. The van der Waals surface area contributed by atoms with Crippen molar-refractivity contribution >= 4 is 185 Å². The van der Waals surface area contributed by atoms with Crippen molar-refractivity contribution < 1.29 is 193 Å². The smallest absolute Gasteiger partial charge is 1.00 e. The topological polar surface area (TPSA) is 453 Å². The number of carbonyl (C=O) groups is 7. The van der Waals surface area contributed by atoms with E-state index >= 15 is 0 Å². The number of hydrogen-bond acceptors (Lipinski definition) is 30. The molecule has 36 nitrogen and oxygen atoms in total. The maximum absolute atomic E-state index is 13.1. The Labute approximate surface area is 822 Å². The normalized spacial score (nSPS) is 12.0. The maximum Gasteiger partial charge on any atom is 1.00 e. The van der Waals surface area contributed by atoms with Crippen LogP contribution in [0.3, 0.4) is 0 Å². The third-order valence-corrected chi connectivity index (χ3v) is 20.2. The Morgan fingerprint density at radius 2 is 0.919 bits per heavy atom. The fraction of sp³-hybridized carbons (Fsp3) is 0.324. The number of rotatable bonds is 25. The number of fused-ring (bicyclic) bond motifs is 3. The second kappa shape index (κ2) is 48.8. The van der Waals surface area contributed by atoms with Gasteiger partial charge in [0.05, 0.1) is 104 Å². The number of thiazole rings is 3. The zero-order valence-corrected chi connectivity index (χ0v) is 78.6. The molecule has 12 aromatic heterocycles. The Morgan fingerprint density at radius 1 is 0.537 bits per heavy atom. The number of hydrogen-bond donors (Lipinski definition) is 7. The van der Waals surface area contributed by atoms with Gasteiger partial charge in [-0.05, 0) is 94.2 Å². The van der Waals surface area contributed by atoms with E-state index in [9.17, 15) is 68.3 Å². The number of halogens is 14. The van der Waals surface area contributed by atoms with Gasteiger partial charge in [0.2, 0.25) is 0 Å². The largest absolute Gasteiger partial charge is 1.00 e. The number of aromatic amines is 1. The number of nitrogens with one attached hydrogen (secondary N) is 7. The van der Waals surface area contributed by atoms with E-state index < -0.39 is 104 Å². The van der Waals surface area contributed by atoms with Gasteiger partial charge in [0.25, 0.3) is 41.9 Å². The van der Waals surface area contributed by atoms with E-state index in [1.807, 2.05) is 52.1 Å². The Balaban J connectivity index is 0.000000597. The third-order valence-electron chi connectivity index (χ3n) is 15.6. The minimum Gasteiger partial charge on any atom is -1.00 e. The Morgan fingerprint density at radius 3 is 1.29 bits per heavy atom. The summed E-state index contributed by atoms with van der Waals surface area (Å²) in [6, 6.07) is 0.145. The minimum absolute atomic E-state index is 0. The summed E-state index contributed by atoms with van der Waals surface area (Å²) in [5.74, 6) is -3.81. The average Bonchev–Trinajstić information content (AvgIpc) is 1.66. The number of amides is 6. The summed E-state index contributed by atoms with van der Waals surface area (Å²) in [5.41, 5.74) is -1.63. The van der Waals surface area contributed by atoms with E-state index in [2.05, 4.69) is 122 Å². The van der Waals surface area contributed by atoms with E-state index in [0.29, 0.717) is 79.4 Å². The third kappa shape index (κ3) is 30.8. The number of carbonyl (C=O) groups excluding carboxylic acids is 7. The standard InChI is InChI=1S/C23H23ClF3N9O2S.C22H21ClF3N9O2S.C18H12ClF3N8O2S.C4H10ClN.CH2O3.ClH.2K.2H2.H/c1-12(32-21(38)18-13-10-36(6-4-5-35(2)3)34-19(13)31-11-30-18)22-29-9-16(39-22)20(37)33-17-7-14(23(25,26)27)15(24)8-28-17;1-11(32-20(37)17-12-7-31-35(5-4-34(2)3)18(12)30-10-29-17)21-28-9-15(38-21)19(36)33-16-6-13(22(24,25)26)14(23)8-27-16;1-7(28-16(32)13-8-3-27-30-14(8)26-6-25-13)17-24-5-11(33-17)15(31)29-12-2-9(18(20,21)22)10(19)4-23-12;1-6(2)4-3-5;2-1-4-3;;;;;;/h7-12H,4-6H2,1-3H3,(H,32,38)(H,28,33,37);6-11H,4-5H2,1-3H3,(H,32,37)(H,27,33,36);2-7H,1H3,(H,28,32)(H,23,29,31)(H,25,26,27,30);3-4H2,1-2H3;1,3H;1H;;;2*1H;/q;;;;;;2*+1;;;-1/p-1/i;;;;;;;;2*1+1D;. The Hall–Kier alpha value is -7.79. The molecule has 12 aromatic rings. The van der Waals surface area contributed by atoms with Crippen molar-refractivity contribution in [3.05, 3.63) is 171 Å². The second-order valence-corrected chi connectivity index (χ2v) is 30.2. The minimum atomic E-state index is -4.70. The number of alkyl halides is 10. The maximum atomic E-state index is 13.1. The van der Waals surface area contributed by atoms with Gasteiger partial charge in [-0.1, -0.05) is 34.8 Å². The van der Waals surface area contributed by atoms with Crippen LogP contribution in [-0.4, -0.2) is 214 Å². The van der Waals surface area contributed by atoms with Gasteiger partial charge in [0.1, 0.15) is 83.2 Å². The molecule has 0 fully saturated rings. The first-order chi connectivity index (χ1) is 58.7. The molecule has 0 radical (unpaired) electrons. The van der Waals surface area contributed by atoms with Crippen molar-refractivity contribution in [2.45, 2.75) is 76.9 Å². The van der Waals surface area contributed by atoms with Crippen molar-refractivity contribution in [2.24, 2.45) is 0 Å². The SMILES string of the molecule is CC(NC(=O)c1ncnc2[nH]ncc12)c1ncc(C(=O)Nc2cc(C(F)(F)F)c(Cl)cn2)s1.CC(NC(=O)c1ncnc2c1cnn2CCN(C)C)c1ncc(C(=O)Nc2cc(C(F)(F)F)c(Cl)cn2)s1.CC(NC(=O)c1ncnc2nn(CCCN(C)C)cc12)c1ncc(C(=O)Nc2cc(C(F)(F)F)c(Cl)cn2)s1.CN(C)CCCl.Cl.O=CO[O-].[2H][2H].[2H][2H].[H-].[K+].[K+]. The first kappa shape index (κ1) is 102. The van der Waals surface area contributed by atoms with Gasteiger partial charge in [-0.25, -0.2) is 64.5 Å². The van der Waals surface area contributed by atoms with Crippen LogP contribution in [0.5, 0.6) is 0 Å². The van der Waals surface area contributed by atoms with Crippen LogP contribution >= 0.6 is 92.8 Å². The number of pyridine rings is 3. The predicted octanol–water partition coefficient (Wildman–Crippen LogP) is 5.58. The van der Waals surface area contributed by atoms with Crippen LogP contribution in [0.4, 0.5) is 57.0 Å². The van der Waals surface area contributed by atoms with E-state index in [0.717, 1.165) is 84.5 Å². The predicted molar refractivity (Wildman–Crippen MR) is 434 cm³/mol. The van der Waals surface area contributed by atoms with Gasteiger partial charge < -0.3 is 58.2 Å². The van der Waals surface area contributed by atoms with Crippen LogP contribution in [0.2, 0.25) is 15.1 Å². The van der Waals surface area contributed by atoms with Crippen molar-refractivity contribution in [3.63, 3.8) is 0 Å². The summed E-state index contributed by atoms with van der Waals surface area (Å²) >= 11 is 24.9. The fourth-order valence-electron chi connectivity index (χ4n) is 9.84. The van der Waals surface area contributed by atoms with Gasteiger partial charge >= 0.3 is 121 Å². The second-order valence-electron chi connectivity index (χ2n) is 25.5. The molecule has 0 saturated heterocycles. The van der Waals surface area contributed by atoms with Gasteiger partial charge in [-0.2, -0.15) is 54.8 Å².